The molecule has 0 aliphatic heterocycles. The molecule has 0 aliphatic carbocycles. The summed E-state index contributed by atoms with van der Waals surface area (Å²) in [5.41, 5.74) is 0.763. The van der Waals surface area contributed by atoms with Gasteiger partial charge in [-0.25, -0.2) is 0 Å². The van der Waals surface area contributed by atoms with E-state index in [1.807, 2.05) is 38.1 Å². The SMILES string of the molecule is CCC(C)Oc1cccc(NC(=O)C(Br)CC)c1. The largest absolute Gasteiger partial charge is 0.491 e. The van der Waals surface area contributed by atoms with Crippen molar-refractivity contribution in [2.24, 2.45) is 0 Å². The second kappa shape index (κ2) is 7.41. The van der Waals surface area contributed by atoms with Gasteiger partial charge in [0.2, 0.25) is 5.91 Å². The lowest BCUT2D eigenvalue weighted by atomic mass is 10.2. The zero-order valence-corrected chi connectivity index (χ0v) is 12.7. The molecule has 1 amide bonds. The summed E-state index contributed by atoms with van der Waals surface area (Å²) in [5.74, 6) is 0.753. The van der Waals surface area contributed by atoms with E-state index in [0.29, 0.717) is 0 Å². The van der Waals surface area contributed by atoms with Crippen LogP contribution in [0.25, 0.3) is 0 Å². The standard InChI is InChI=1S/C14H20BrNO2/c1-4-10(3)18-12-8-6-7-11(9-12)16-14(17)13(15)5-2/h6-10,13H,4-5H2,1-3H3,(H,16,17). The number of amides is 1. The van der Waals surface area contributed by atoms with Crippen molar-refractivity contribution in [2.45, 2.75) is 44.5 Å². The van der Waals surface area contributed by atoms with Crippen LogP contribution in [0.5, 0.6) is 5.75 Å². The molecule has 0 saturated carbocycles. The van der Waals surface area contributed by atoms with Crippen LogP contribution in [-0.2, 0) is 4.79 Å². The Hall–Kier alpha value is -1.03. The smallest absolute Gasteiger partial charge is 0.238 e. The predicted molar refractivity (Wildman–Crippen MR) is 78.5 cm³/mol. The van der Waals surface area contributed by atoms with E-state index in [-0.39, 0.29) is 16.8 Å². The third kappa shape index (κ3) is 4.69. The summed E-state index contributed by atoms with van der Waals surface area (Å²) < 4.78 is 5.71. The Kier molecular flexibility index (Phi) is 6.19. The van der Waals surface area contributed by atoms with Gasteiger partial charge in [-0.05, 0) is 31.9 Å². The maximum atomic E-state index is 11.7. The monoisotopic (exact) mass is 313 g/mol. The molecule has 4 heteroatoms. The second-order valence-electron chi connectivity index (χ2n) is 4.23. The van der Waals surface area contributed by atoms with Crippen LogP contribution in [0.3, 0.4) is 0 Å². The summed E-state index contributed by atoms with van der Waals surface area (Å²) in [4.78, 5) is 11.6. The summed E-state index contributed by atoms with van der Waals surface area (Å²) in [6.07, 6.45) is 1.89. The second-order valence-corrected chi connectivity index (χ2v) is 5.33. The number of rotatable bonds is 6. The number of benzene rings is 1. The molecule has 0 spiro atoms. The maximum absolute atomic E-state index is 11.7. The van der Waals surface area contributed by atoms with Crippen LogP contribution in [-0.4, -0.2) is 16.8 Å². The number of hydrogen-bond acceptors (Lipinski definition) is 2. The highest BCUT2D eigenvalue weighted by molar-refractivity contribution is 9.10. The number of nitrogens with one attached hydrogen (secondary N) is 1. The lowest BCUT2D eigenvalue weighted by Crippen LogP contribution is -2.22. The van der Waals surface area contributed by atoms with Gasteiger partial charge < -0.3 is 10.1 Å². The quantitative estimate of drug-likeness (QED) is 0.807. The Balaban J connectivity index is 2.67. The molecule has 0 radical (unpaired) electrons. The number of carbonyl (C=O) groups is 1. The van der Waals surface area contributed by atoms with Crippen LogP contribution >= 0.6 is 15.9 Å². The minimum Gasteiger partial charge on any atom is -0.491 e. The summed E-state index contributed by atoms with van der Waals surface area (Å²) in [7, 11) is 0. The van der Waals surface area contributed by atoms with Crippen molar-refractivity contribution in [1.82, 2.24) is 0 Å². The molecule has 0 fully saturated rings. The minimum absolute atomic E-state index is 0.0295. The first-order valence-corrected chi connectivity index (χ1v) is 7.20. The van der Waals surface area contributed by atoms with Gasteiger partial charge in [-0.15, -0.1) is 0 Å². The maximum Gasteiger partial charge on any atom is 0.238 e. The van der Waals surface area contributed by atoms with E-state index in [2.05, 4.69) is 28.2 Å². The molecule has 2 unspecified atom stereocenters. The first-order valence-electron chi connectivity index (χ1n) is 6.28. The van der Waals surface area contributed by atoms with E-state index in [9.17, 15) is 4.79 Å². The fraction of sp³-hybridized carbons (Fsp3) is 0.500. The molecule has 18 heavy (non-hydrogen) atoms. The highest BCUT2D eigenvalue weighted by atomic mass is 79.9. The van der Waals surface area contributed by atoms with Gasteiger partial charge in [0.05, 0.1) is 10.9 Å². The molecule has 1 N–H and O–H groups in total. The molecule has 0 aromatic heterocycles. The number of hydrogen-bond donors (Lipinski definition) is 1. The van der Waals surface area contributed by atoms with Crippen molar-refractivity contribution in [3.63, 3.8) is 0 Å². The van der Waals surface area contributed by atoms with Crippen LogP contribution in [0.2, 0.25) is 0 Å². The van der Waals surface area contributed by atoms with E-state index in [4.69, 9.17) is 4.74 Å². The molecule has 0 bridgehead atoms. The number of carbonyl (C=O) groups excluding carboxylic acids is 1. The van der Waals surface area contributed by atoms with Gasteiger partial charge >= 0.3 is 0 Å². The topological polar surface area (TPSA) is 38.3 Å². The third-order valence-electron chi connectivity index (χ3n) is 2.66. The Bertz CT molecular complexity index is 395. The summed E-state index contributed by atoms with van der Waals surface area (Å²) in [5, 5.41) is 2.86. The van der Waals surface area contributed by atoms with Gasteiger partial charge in [0, 0.05) is 11.8 Å². The lowest BCUT2D eigenvalue weighted by molar-refractivity contribution is -0.115. The van der Waals surface area contributed by atoms with Crippen LogP contribution in [0, 0.1) is 0 Å². The van der Waals surface area contributed by atoms with Crippen LogP contribution in [0.4, 0.5) is 5.69 Å². The number of anilines is 1. The summed E-state index contributed by atoms with van der Waals surface area (Å²) >= 11 is 3.33. The first-order chi connectivity index (χ1) is 8.56. The van der Waals surface area contributed by atoms with E-state index >= 15 is 0 Å². The van der Waals surface area contributed by atoms with Crippen molar-refractivity contribution < 1.29 is 9.53 Å². The van der Waals surface area contributed by atoms with Crippen molar-refractivity contribution in [3.05, 3.63) is 24.3 Å². The molecular formula is C14H20BrNO2. The number of halogens is 1. The van der Waals surface area contributed by atoms with E-state index < -0.39 is 0 Å². The Morgan fingerprint density at radius 2 is 2.11 bits per heavy atom. The molecule has 0 heterocycles. The van der Waals surface area contributed by atoms with Gasteiger partial charge in [0.15, 0.2) is 0 Å². The fourth-order valence-electron chi connectivity index (χ4n) is 1.37. The Morgan fingerprint density at radius 3 is 2.72 bits per heavy atom. The molecule has 1 rings (SSSR count). The van der Waals surface area contributed by atoms with Crippen LogP contribution in [0.15, 0.2) is 24.3 Å². The average molecular weight is 314 g/mol. The highest BCUT2D eigenvalue weighted by Gasteiger charge is 2.12. The van der Waals surface area contributed by atoms with Gasteiger partial charge in [-0.1, -0.05) is 35.8 Å². The number of ether oxygens (including phenoxy) is 1. The summed E-state index contributed by atoms with van der Waals surface area (Å²) in [6, 6.07) is 7.48. The highest BCUT2D eigenvalue weighted by Crippen LogP contribution is 2.20. The molecule has 3 nitrogen and oxygen atoms in total. The first kappa shape index (κ1) is 15.0. The zero-order valence-electron chi connectivity index (χ0n) is 11.1. The van der Waals surface area contributed by atoms with Crippen molar-refractivity contribution in [3.8, 4) is 5.75 Å². The molecule has 0 aliphatic rings. The molecular weight excluding hydrogens is 294 g/mol. The van der Waals surface area contributed by atoms with E-state index in [0.717, 1.165) is 24.3 Å². The van der Waals surface area contributed by atoms with Crippen LogP contribution in [0.1, 0.15) is 33.6 Å². The Morgan fingerprint density at radius 1 is 1.39 bits per heavy atom. The molecule has 0 saturated heterocycles. The molecule has 1 aromatic rings. The van der Waals surface area contributed by atoms with Gasteiger partial charge in [0.1, 0.15) is 5.75 Å². The van der Waals surface area contributed by atoms with Crippen LogP contribution < -0.4 is 10.1 Å². The van der Waals surface area contributed by atoms with Gasteiger partial charge in [-0.3, -0.25) is 4.79 Å². The fourth-order valence-corrected chi connectivity index (χ4v) is 1.48. The average Bonchev–Trinajstić information content (AvgIpc) is 2.37. The minimum atomic E-state index is -0.156. The van der Waals surface area contributed by atoms with Crippen molar-refractivity contribution >= 4 is 27.5 Å². The lowest BCUT2D eigenvalue weighted by Gasteiger charge is -2.14. The normalized spacial score (nSPS) is 13.8. The zero-order chi connectivity index (χ0) is 13.5. The molecule has 2 atom stereocenters. The van der Waals surface area contributed by atoms with E-state index in [1.54, 1.807) is 0 Å². The third-order valence-corrected chi connectivity index (χ3v) is 3.72. The molecule has 1 aromatic carbocycles. The van der Waals surface area contributed by atoms with Crippen molar-refractivity contribution in [1.29, 1.82) is 0 Å². The summed E-state index contributed by atoms with van der Waals surface area (Å²) in [6.45, 7) is 6.06. The number of alkyl halides is 1. The van der Waals surface area contributed by atoms with Crippen molar-refractivity contribution in [2.75, 3.05) is 5.32 Å². The predicted octanol–water partition coefficient (Wildman–Crippen LogP) is 3.98. The Labute approximate surface area is 117 Å². The molecule has 100 valence electrons. The van der Waals surface area contributed by atoms with E-state index in [1.165, 1.54) is 0 Å². The van der Waals surface area contributed by atoms with Gasteiger partial charge in [0.25, 0.3) is 0 Å². The van der Waals surface area contributed by atoms with Gasteiger partial charge in [-0.2, -0.15) is 0 Å².